The second-order valence-corrected chi connectivity index (χ2v) is 11.1. The van der Waals surface area contributed by atoms with Crippen molar-refractivity contribution in [2.75, 3.05) is 27.3 Å². The van der Waals surface area contributed by atoms with E-state index < -0.39 is 23.8 Å². The number of ether oxygens (including phenoxy) is 2. The van der Waals surface area contributed by atoms with Gasteiger partial charge in [-0.25, -0.2) is 4.79 Å². The van der Waals surface area contributed by atoms with E-state index >= 15 is 0 Å². The molecule has 0 fully saturated rings. The molecule has 198 valence electrons. The van der Waals surface area contributed by atoms with Gasteiger partial charge in [-0.3, -0.25) is 9.79 Å². The Hall–Kier alpha value is -2.67. The summed E-state index contributed by atoms with van der Waals surface area (Å²) >= 11 is 13.1. The van der Waals surface area contributed by atoms with Gasteiger partial charge in [-0.2, -0.15) is 0 Å². The Morgan fingerprint density at radius 1 is 1.03 bits per heavy atom. The van der Waals surface area contributed by atoms with Crippen LogP contribution in [0.3, 0.4) is 0 Å². The maximum atomic E-state index is 13.6. The third-order valence-electron chi connectivity index (χ3n) is 6.40. The minimum Gasteiger partial charge on any atom is -0.468 e. The maximum Gasteiger partial charge on any atom is 0.336 e. The molecule has 0 radical (unpaired) electrons. The largest absolute Gasteiger partial charge is 0.468 e. The van der Waals surface area contributed by atoms with E-state index in [0.717, 1.165) is 6.54 Å². The number of carbonyl (C=O) groups excluding carboxylic acids is 2. The zero-order valence-electron chi connectivity index (χ0n) is 22.2. The fourth-order valence-corrected chi connectivity index (χ4v) is 5.55. The van der Waals surface area contributed by atoms with Crippen molar-refractivity contribution >= 4 is 40.9 Å². The van der Waals surface area contributed by atoms with Gasteiger partial charge in [0.1, 0.15) is 5.92 Å². The van der Waals surface area contributed by atoms with Crippen LogP contribution in [-0.2, 0) is 25.6 Å². The number of hydrogen-bond donors (Lipinski definition) is 0. The van der Waals surface area contributed by atoms with Gasteiger partial charge < -0.3 is 14.4 Å². The summed E-state index contributed by atoms with van der Waals surface area (Å²) in [6.45, 7) is 9.22. The molecular formula is C29H34Cl2N2O4. The maximum absolute atomic E-state index is 13.6. The number of benzene rings is 2. The number of aliphatic imine (C=N–C) groups is 1. The van der Waals surface area contributed by atoms with Crippen LogP contribution in [0, 0.1) is 11.3 Å². The van der Waals surface area contributed by atoms with Crippen molar-refractivity contribution < 1.29 is 19.1 Å². The number of halogens is 2. The Bertz CT molecular complexity index is 1190. The van der Waals surface area contributed by atoms with Gasteiger partial charge in [0.2, 0.25) is 0 Å². The molecule has 0 N–H and O–H groups in total. The second-order valence-electron chi connectivity index (χ2n) is 10.3. The van der Waals surface area contributed by atoms with Crippen LogP contribution in [0.5, 0.6) is 0 Å². The average molecular weight is 546 g/mol. The highest BCUT2D eigenvalue weighted by Gasteiger charge is 2.44. The minimum absolute atomic E-state index is 0.177. The van der Waals surface area contributed by atoms with Gasteiger partial charge in [-0.15, -0.1) is 0 Å². The van der Waals surface area contributed by atoms with Crippen molar-refractivity contribution in [3.8, 4) is 0 Å². The molecule has 3 rings (SSSR count). The highest BCUT2D eigenvalue weighted by molar-refractivity contribution is 6.36. The molecule has 0 aliphatic carbocycles. The number of esters is 2. The summed E-state index contributed by atoms with van der Waals surface area (Å²) in [6.07, 6.45) is 0. The second kappa shape index (κ2) is 12.2. The van der Waals surface area contributed by atoms with Gasteiger partial charge in [0.05, 0.1) is 19.3 Å². The van der Waals surface area contributed by atoms with E-state index in [1.54, 1.807) is 32.0 Å². The lowest BCUT2D eigenvalue weighted by molar-refractivity contribution is -0.145. The van der Waals surface area contributed by atoms with Crippen LogP contribution in [-0.4, -0.2) is 49.9 Å². The quantitative estimate of drug-likeness (QED) is 0.345. The molecule has 1 heterocycles. The summed E-state index contributed by atoms with van der Waals surface area (Å²) in [5.41, 5.74) is 2.59. The van der Waals surface area contributed by atoms with Crippen molar-refractivity contribution in [3.63, 3.8) is 0 Å². The number of rotatable bonds is 9. The Kier molecular flexibility index (Phi) is 9.57. The van der Waals surface area contributed by atoms with E-state index in [9.17, 15) is 9.59 Å². The molecule has 2 aromatic rings. The van der Waals surface area contributed by atoms with Crippen molar-refractivity contribution in [2.45, 2.75) is 40.2 Å². The lowest BCUT2D eigenvalue weighted by atomic mass is 9.75. The Morgan fingerprint density at radius 2 is 1.65 bits per heavy atom. The van der Waals surface area contributed by atoms with Gasteiger partial charge >= 0.3 is 11.9 Å². The number of hydrogen-bond acceptors (Lipinski definition) is 6. The van der Waals surface area contributed by atoms with Gasteiger partial charge in [0.15, 0.2) is 0 Å². The van der Waals surface area contributed by atoms with Crippen molar-refractivity contribution in [1.82, 2.24) is 4.90 Å². The zero-order chi connectivity index (χ0) is 27.3. The SMILES string of the molecule is COC(=O)C1C(C)=NC(C)=C(C(=O)OCC(C)(C)CN(C)Cc2ccccc2)C1c1c(Cl)cccc1Cl. The third-order valence-corrected chi connectivity index (χ3v) is 7.06. The van der Waals surface area contributed by atoms with Gasteiger partial charge in [0, 0.05) is 45.9 Å². The van der Waals surface area contributed by atoms with Crippen molar-refractivity contribution in [2.24, 2.45) is 16.3 Å². The van der Waals surface area contributed by atoms with Gasteiger partial charge in [-0.1, -0.05) is 73.4 Å². The van der Waals surface area contributed by atoms with Crippen LogP contribution in [0.1, 0.15) is 44.7 Å². The Morgan fingerprint density at radius 3 is 2.24 bits per heavy atom. The van der Waals surface area contributed by atoms with Crippen molar-refractivity contribution in [1.29, 1.82) is 0 Å². The molecule has 0 amide bonds. The summed E-state index contributed by atoms with van der Waals surface area (Å²) in [7, 11) is 3.34. The normalized spacial score (nSPS) is 18.0. The van der Waals surface area contributed by atoms with E-state index in [2.05, 4.69) is 22.0 Å². The first kappa shape index (κ1) is 28.9. The number of methoxy groups -OCH3 is 1. The molecule has 0 aromatic heterocycles. The molecule has 2 atom stereocenters. The summed E-state index contributed by atoms with van der Waals surface area (Å²) < 4.78 is 10.9. The molecule has 8 heteroatoms. The summed E-state index contributed by atoms with van der Waals surface area (Å²) in [5, 5.41) is 0.698. The fraction of sp³-hybridized carbons (Fsp3) is 0.414. The van der Waals surface area contributed by atoms with Crippen LogP contribution >= 0.6 is 23.2 Å². The zero-order valence-corrected chi connectivity index (χ0v) is 23.7. The van der Waals surface area contributed by atoms with Crippen molar-refractivity contribution in [3.05, 3.63) is 81.0 Å². The highest BCUT2D eigenvalue weighted by Crippen LogP contribution is 2.45. The van der Waals surface area contributed by atoms with Gasteiger partial charge in [-0.05, 0) is 44.2 Å². The van der Waals surface area contributed by atoms with Crippen LogP contribution in [0.25, 0.3) is 0 Å². The highest BCUT2D eigenvalue weighted by atomic mass is 35.5. The van der Waals surface area contributed by atoms with E-state index in [4.69, 9.17) is 32.7 Å². The van der Waals surface area contributed by atoms with E-state index in [1.807, 2.05) is 39.1 Å². The Balaban J connectivity index is 1.86. The monoisotopic (exact) mass is 544 g/mol. The van der Waals surface area contributed by atoms with Crippen LogP contribution < -0.4 is 0 Å². The summed E-state index contributed by atoms with van der Waals surface area (Å²) in [6, 6.07) is 15.3. The van der Waals surface area contributed by atoms with Gasteiger partial charge in [0.25, 0.3) is 0 Å². The van der Waals surface area contributed by atoms with Crippen LogP contribution in [0.2, 0.25) is 10.0 Å². The summed E-state index contributed by atoms with van der Waals surface area (Å²) in [5.74, 6) is -2.73. The van der Waals surface area contributed by atoms with E-state index in [-0.39, 0.29) is 17.6 Å². The average Bonchev–Trinajstić information content (AvgIpc) is 2.82. The number of carbonyl (C=O) groups is 2. The van der Waals surface area contributed by atoms with E-state index in [1.165, 1.54) is 12.7 Å². The third kappa shape index (κ3) is 7.01. The minimum atomic E-state index is -0.862. The van der Waals surface area contributed by atoms with Crippen LogP contribution in [0.15, 0.2) is 64.8 Å². The lowest BCUT2D eigenvalue weighted by Crippen LogP contribution is -2.38. The Labute approximate surface area is 229 Å². The number of allylic oxidation sites excluding steroid dienone is 1. The standard InChI is InChI=1S/C29H34Cl2N2O4/c1-18-23(27(34)36-6)26(25-21(30)13-10-14-22(25)31)24(19(2)32-18)28(35)37-17-29(3,4)16-33(5)15-20-11-8-7-9-12-20/h7-14,23,26H,15-17H2,1-6H3. The lowest BCUT2D eigenvalue weighted by Gasteiger charge is -2.33. The first-order valence-corrected chi connectivity index (χ1v) is 12.9. The topological polar surface area (TPSA) is 68.2 Å². The number of nitrogens with zero attached hydrogens (tertiary/aromatic N) is 2. The molecule has 0 bridgehead atoms. The smallest absolute Gasteiger partial charge is 0.336 e. The predicted octanol–water partition coefficient (Wildman–Crippen LogP) is 6.32. The molecule has 0 saturated heterocycles. The first-order chi connectivity index (χ1) is 17.4. The van der Waals surface area contributed by atoms with Crippen LogP contribution in [0.4, 0.5) is 0 Å². The molecule has 0 spiro atoms. The first-order valence-electron chi connectivity index (χ1n) is 12.1. The molecule has 6 nitrogen and oxygen atoms in total. The molecular weight excluding hydrogens is 511 g/mol. The fourth-order valence-electron chi connectivity index (χ4n) is 4.92. The molecule has 1 aliphatic heterocycles. The summed E-state index contributed by atoms with van der Waals surface area (Å²) in [4.78, 5) is 33.2. The molecule has 2 aromatic carbocycles. The molecule has 0 saturated carbocycles. The van der Waals surface area contributed by atoms with E-state index in [0.29, 0.717) is 33.6 Å². The molecule has 1 aliphatic rings. The predicted molar refractivity (Wildman–Crippen MR) is 148 cm³/mol. The molecule has 2 unspecified atom stereocenters. The molecule has 37 heavy (non-hydrogen) atoms.